The topological polar surface area (TPSA) is 25.0 Å². The lowest BCUT2D eigenvalue weighted by molar-refractivity contribution is 0.0344. The molecule has 5 nitrogen and oxygen atoms in total. The Bertz CT molecular complexity index is 440. The van der Waals surface area contributed by atoms with Gasteiger partial charge in [-0.05, 0) is 97.6 Å². The molecule has 4 aliphatic rings. The third kappa shape index (κ3) is 5.48. The fraction of sp³-hybridized carbons (Fsp3) is 1.00. The highest BCUT2D eigenvalue weighted by Gasteiger charge is 2.32. The third-order valence-electron chi connectivity index (χ3n) is 8.14. The summed E-state index contributed by atoms with van der Waals surface area (Å²) in [6.07, 6.45) is 8.45. The number of nitrogens with zero attached hydrogens (tertiary/aromatic N) is 4. The Morgan fingerprint density at radius 2 is 1.18 bits per heavy atom. The van der Waals surface area contributed by atoms with E-state index in [2.05, 4.69) is 38.8 Å². The number of hydrogen-bond acceptors (Lipinski definition) is 5. The molecule has 4 saturated heterocycles. The summed E-state index contributed by atoms with van der Waals surface area (Å²) in [6, 6.07) is 2.45. The first-order valence-electron chi connectivity index (χ1n) is 12.3. The minimum atomic E-state index is 0.723. The highest BCUT2D eigenvalue weighted by atomic mass is 15.2. The van der Waals surface area contributed by atoms with Crippen LogP contribution in [0.5, 0.6) is 0 Å². The number of piperazine rings is 1. The molecule has 0 aromatic rings. The Hall–Kier alpha value is -0.200. The Morgan fingerprint density at radius 3 is 1.71 bits per heavy atom. The minimum Gasteiger partial charge on any atom is -0.314 e. The van der Waals surface area contributed by atoms with Gasteiger partial charge in [0.05, 0.1) is 0 Å². The second-order valence-electron chi connectivity index (χ2n) is 10.2. The van der Waals surface area contributed by atoms with Gasteiger partial charge in [-0.3, -0.25) is 0 Å². The molecule has 4 aliphatic heterocycles. The van der Waals surface area contributed by atoms with Crippen LogP contribution in [0.3, 0.4) is 0 Å². The fourth-order valence-electron chi connectivity index (χ4n) is 6.14. The summed E-state index contributed by atoms with van der Waals surface area (Å²) in [5.74, 6) is 0.945. The molecule has 0 atom stereocenters. The van der Waals surface area contributed by atoms with E-state index in [1.54, 1.807) is 0 Å². The van der Waals surface area contributed by atoms with Crippen LogP contribution in [0.15, 0.2) is 0 Å². The van der Waals surface area contributed by atoms with Gasteiger partial charge in [-0.15, -0.1) is 0 Å². The predicted octanol–water partition coefficient (Wildman–Crippen LogP) is 1.94. The summed E-state index contributed by atoms with van der Waals surface area (Å²) in [5, 5.41) is 3.48. The van der Waals surface area contributed by atoms with Crippen molar-refractivity contribution in [2.24, 2.45) is 5.92 Å². The van der Waals surface area contributed by atoms with Crippen molar-refractivity contribution in [3.8, 4) is 0 Å². The van der Waals surface area contributed by atoms with Crippen LogP contribution >= 0.6 is 0 Å². The van der Waals surface area contributed by atoms with Crippen LogP contribution in [0.4, 0.5) is 0 Å². The molecule has 0 aromatic carbocycles. The number of likely N-dealkylation sites (tertiary alicyclic amines) is 3. The van der Waals surface area contributed by atoms with Gasteiger partial charge < -0.3 is 24.9 Å². The molecule has 0 amide bonds. The second-order valence-corrected chi connectivity index (χ2v) is 10.2. The summed E-state index contributed by atoms with van der Waals surface area (Å²) >= 11 is 0. The molecule has 1 N–H and O–H groups in total. The van der Waals surface area contributed by atoms with Crippen molar-refractivity contribution in [2.75, 3.05) is 72.0 Å². The zero-order valence-electron chi connectivity index (χ0n) is 18.6. The van der Waals surface area contributed by atoms with Crippen molar-refractivity contribution in [1.82, 2.24) is 24.9 Å². The van der Waals surface area contributed by atoms with E-state index in [4.69, 9.17) is 0 Å². The zero-order valence-corrected chi connectivity index (χ0v) is 18.6. The molecule has 0 saturated carbocycles. The highest BCUT2D eigenvalue weighted by molar-refractivity contribution is 4.88. The van der Waals surface area contributed by atoms with Gasteiger partial charge in [0.15, 0.2) is 0 Å². The van der Waals surface area contributed by atoms with Gasteiger partial charge in [-0.25, -0.2) is 0 Å². The molecule has 0 unspecified atom stereocenters. The molecular formula is C23H45N5. The van der Waals surface area contributed by atoms with Crippen LogP contribution in [0.1, 0.15) is 52.4 Å². The average Bonchev–Trinajstić information content (AvgIpc) is 2.75. The lowest BCUT2D eigenvalue weighted by Gasteiger charge is -2.46. The summed E-state index contributed by atoms with van der Waals surface area (Å²) in [4.78, 5) is 11.0. The molecule has 5 heteroatoms. The largest absolute Gasteiger partial charge is 0.314 e. The number of rotatable bonds is 5. The van der Waals surface area contributed by atoms with E-state index < -0.39 is 0 Å². The molecule has 0 aromatic heterocycles. The summed E-state index contributed by atoms with van der Waals surface area (Å²) in [7, 11) is 0. The molecule has 0 bridgehead atoms. The lowest BCUT2D eigenvalue weighted by atomic mass is 9.92. The first kappa shape index (κ1) is 21.0. The molecule has 0 radical (unpaired) electrons. The van der Waals surface area contributed by atoms with Gasteiger partial charge in [-0.2, -0.15) is 0 Å². The van der Waals surface area contributed by atoms with Gasteiger partial charge in [0.1, 0.15) is 0 Å². The van der Waals surface area contributed by atoms with Crippen LogP contribution in [0.2, 0.25) is 0 Å². The van der Waals surface area contributed by atoms with Gasteiger partial charge >= 0.3 is 0 Å². The second kappa shape index (κ2) is 10.2. The molecule has 4 rings (SSSR count). The van der Waals surface area contributed by atoms with Crippen molar-refractivity contribution in [1.29, 1.82) is 0 Å². The van der Waals surface area contributed by atoms with Crippen LogP contribution in [-0.2, 0) is 0 Å². The number of piperidine rings is 3. The molecule has 0 aliphatic carbocycles. The Morgan fingerprint density at radius 1 is 0.679 bits per heavy atom. The quantitative estimate of drug-likeness (QED) is 0.772. The standard InChI is InChI=1S/C23H45N5/c1-20(2)26-13-5-22(6-14-26)28-15-7-23(8-16-28)27-11-3-21(4-12-27)19-25-17-9-24-10-18-25/h20-24H,3-19H2,1-2H3. The zero-order chi connectivity index (χ0) is 19.3. The SMILES string of the molecule is CC(C)N1CCC(N2CCC(N3CCC(CN4CCNCC4)CC3)CC2)CC1. The maximum atomic E-state index is 3.48. The molecule has 4 heterocycles. The summed E-state index contributed by atoms with van der Waals surface area (Å²) in [5.41, 5.74) is 0. The maximum absolute atomic E-state index is 3.48. The molecule has 162 valence electrons. The average molecular weight is 392 g/mol. The van der Waals surface area contributed by atoms with Crippen molar-refractivity contribution >= 4 is 0 Å². The Labute approximate surface area is 173 Å². The Kier molecular flexibility index (Phi) is 7.67. The van der Waals surface area contributed by atoms with Gasteiger partial charge in [0, 0.05) is 50.8 Å². The van der Waals surface area contributed by atoms with E-state index in [0.717, 1.165) is 24.0 Å². The van der Waals surface area contributed by atoms with Crippen LogP contribution in [0.25, 0.3) is 0 Å². The first-order valence-corrected chi connectivity index (χ1v) is 12.3. The lowest BCUT2D eigenvalue weighted by Crippen LogP contribution is -2.53. The van der Waals surface area contributed by atoms with Crippen molar-refractivity contribution in [3.05, 3.63) is 0 Å². The monoisotopic (exact) mass is 391 g/mol. The molecule has 0 spiro atoms. The number of hydrogen-bond donors (Lipinski definition) is 1. The molecule has 28 heavy (non-hydrogen) atoms. The van der Waals surface area contributed by atoms with Crippen molar-refractivity contribution < 1.29 is 0 Å². The summed E-state index contributed by atoms with van der Waals surface area (Å²) < 4.78 is 0. The van der Waals surface area contributed by atoms with Gasteiger partial charge in [0.2, 0.25) is 0 Å². The van der Waals surface area contributed by atoms with E-state index in [0.29, 0.717) is 0 Å². The van der Waals surface area contributed by atoms with E-state index in [-0.39, 0.29) is 0 Å². The molecular weight excluding hydrogens is 346 g/mol. The van der Waals surface area contributed by atoms with Crippen molar-refractivity contribution in [3.63, 3.8) is 0 Å². The first-order chi connectivity index (χ1) is 13.7. The van der Waals surface area contributed by atoms with E-state index in [9.17, 15) is 0 Å². The van der Waals surface area contributed by atoms with Crippen LogP contribution in [0, 0.1) is 5.92 Å². The van der Waals surface area contributed by atoms with E-state index in [1.807, 2.05) is 0 Å². The summed E-state index contributed by atoms with van der Waals surface area (Å²) in [6.45, 7) is 19.0. The van der Waals surface area contributed by atoms with Gasteiger partial charge in [-0.1, -0.05) is 0 Å². The maximum Gasteiger partial charge on any atom is 0.0120 e. The minimum absolute atomic E-state index is 0.723. The number of nitrogens with one attached hydrogen (secondary N) is 1. The Balaban J connectivity index is 1.14. The normalized spacial score (nSPS) is 29.7. The third-order valence-corrected chi connectivity index (χ3v) is 8.14. The molecule has 4 fully saturated rings. The highest BCUT2D eigenvalue weighted by Crippen LogP contribution is 2.27. The van der Waals surface area contributed by atoms with E-state index in [1.165, 1.54) is 111 Å². The van der Waals surface area contributed by atoms with Crippen LogP contribution < -0.4 is 5.32 Å². The predicted molar refractivity (Wildman–Crippen MR) is 118 cm³/mol. The van der Waals surface area contributed by atoms with Crippen molar-refractivity contribution in [2.45, 2.75) is 70.5 Å². The van der Waals surface area contributed by atoms with E-state index >= 15 is 0 Å². The van der Waals surface area contributed by atoms with Crippen LogP contribution in [-0.4, -0.2) is 110 Å². The fourth-order valence-corrected chi connectivity index (χ4v) is 6.14. The van der Waals surface area contributed by atoms with Gasteiger partial charge in [0.25, 0.3) is 0 Å². The smallest absolute Gasteiger partial charge is 0.0120 e.